The zero-order valence-corrected chi connectivity index (χ0v) is 12.4. The number of rotatable bonds is 6. The Labute approximate surface area is 124 Å². The van der Waals surface area contributed by atoms with E-state index in [1.54, 1.807) is 38.1 Å². The Kier molecular flexibility index (Phi) is 6.36. The molecule has 21 heavy (non-hydrogen) atoms. The summed E-state index contributed by atoms with van der Waals surface area (Å²) in [6.07, 6.45) is 4.51. The normalized spacial score (nSPS) is 13.0. The molecule has 0 saturated carbocycles. The third-order valence-corrected chi connectivity index (χ3v) is 2.99. The first kappa shape index (κ1) is 16.7. The van der Waals surface area contributed by atoms with Gasteiger partial charge in [-0.15, -0.1) is 0 Å². The monoisotopic (exact) mass is 288 g/mol. The second kappa shape index (κ2) is 8.01. The van der Waals surface area contributed by atoms with Crippen LogP contribution >= 0.6 is 0 Å². The zero-order chi connectivity index (χ0) is 15.8. The molecule has 1 amide bonds. The van der Waals surface area contributed by atoms with Crippen molar-refractivity contribution < 1.29 is 14.8 Å². The summed E-state index contributed by atoms with van der Waals surface area (Å²) in [6.45, 7) is 3.59. The second-order valence-corrected chi connectivity index (χ2v) is 4.70. The van der Waals surface area contributed by atoms with E-state index in [1.165, 1.54) is 11.6 Å². The Morgan fingerprint density at radius 1 is 1.19 bits per heavy atom. The van der Waals surface area contributed by atoms with Gasteiger partial charge in [-0.1, -0.05) is 24.6 Å². The summed E-state index contributed by atoms with van der Waals surface area (Å²) < 4.78 is 0. The van der Waals surface area contributed by atoms with E-state index in [4.69, 9.17) is 5.21 Å². The molecule has 0 bridgehead atoms. The van der Waals surface area contributed by atoms with Gasteiger partial charge in [-0.2, -0.15) is 0 Å². The number of hydrogen-bond donors (Lipinski definition) is 3. The standard InChI is InChI=1S/C16H20N2O3/c1-11(4-9-15(19)18-21)10-12(2)16(20)13-5-7-14(17-3)8-6-13/h4-10,12,17,21H,1-3H3,(H,18,19). The summed E-state index contributed by atoms with van der Waals surface area (Å²) in [4.78, 5) is 23.1. The van der Waals surface area contributed by atoms with E-state index >= 15 is 0 Å². The molecule has 1 rings (SSSR count). The molecule has 0 spiro atoms. The lowest BCUT2D eigenvalue weighted by atomic mass is 9.97. The molecule has 0 aromatic heterocycles. The van der Waals surface area contributed by atoms with Gasteiger partial charge in [0.15, 0.2) is 5.78 Å². The first-order chi connectivity index (χ1) is 9.97. The summed E-state index contributed by atoms with van der Waals surface area (Å²) in [5.41, 5.74) is 3.87. The highest BCUT2D eigenvalue weighted by Crippen LogP contribution is 2.15. The quantitative estimate of drug-likeness (QED) is 0.247. The fourth-order valence-electron chi connectivity index (χ4n) is 1.83. The molecule has 5 nitrogen and oxygen atoms in total. The summed E-state index contributed by atoms with van der Waals surface area (Å²) in [5, 5.41) is 11.4. The molecule has 0 aliphatic rings. The smallest absolute Gasteiger partial charge is 0.267 e. The Balaban J connectivity index is 2.77. The molecular formula is C16H20N2O3. The molecule has 0 saturated heterocycles. The highest BCUT2D eigenvalue weighted by molar-refractivity contribution is 5.99. The van der Waals surface area contributed by atoms with Crippen molar-refractivity contribution in [2.45, 2.75) is 13.8 Å². The van der Waals surface area contributed by atoms with Gasteiger partial charge >= 0.3 is 0 Å². The second-order valence-electron chi connectivity index (χ2n) is 4.70. The lowest BCUT2D eigenvalue weighted by molar-refractivity contribution is -0.124. The number of allylic oxidation sites excluding steroid dienone is 3. The molecular weight excluding hydrogens is 268 g/mol. The average Bonchev–Trinajstić information content (AvgIpc) is 2.51. The number of ketones is 1. The molecule has 1 atom stereocenters. The number of hydroxylamine groups is 1. The van der Waals surface area contributed by atoms with Crippen molar-refractivity contribution >= 4 is 17.4 Å². The van der Waals surface area contributed by atoms with Crippen LogP contribution in [-0.4, -0.2) is 23.9 Å². The zero-order valence-electron chi connectivity index (χ0n) is 12.4. The number of hydrogen-bond acceptors (Lipinski definition) is 4. The average molecular weight is 288 g/mol. The predicted molar refractivity (Wildman–Crippen MR) is 82.3 cm³/mol. The number of anilines is 1. The van der Waals surface area contributed by atoms with Crippen molar-refractivity contribution in [3.05, 3.63) is 53.6 Å². The van der Waals surface area contributed by atoms with Gasteiger partial charge in [0.2, 0.25) is 0 Å². The van der Waals surface area contributed by atoms with Crippen molar-refractivity contribution in [3.63, 3.8) is 0 Å². The lowest BCUT2D eigenvalue weighted by Crippen LogP contribution is -2.15. The molecule has 0 radical (unpaired) electrons. The van der Waals surface area contributed by atoms with Gasteiger partial charge < -0.3 is 5.32 Å². The van der Waals surface area contributed by atoms with Crippen molar-refractivity contribution in [2.24, 2.45) is 5.92 Å². The van der Waals surface area contributed by atoms with Gasteiger partial charge in [-0.05, 0) is 31.2 Å². The van der Waals surface area contributed by atoms with Crippen molar-refractivity contribution in [2.75, 3.05) is 12.4 Å². The summed E-state index contributed by atoms with van der Waals surface area (Å²) in [7, 11) is 1.82. The highest BCUT2D eigenvalue weighted by atomic mass is 16.5. The first-order valence-corrected chi connectivity index (χ1v) is 6.60. The van der Waals surface area contributed by atoms with Crippen LogP contribution in [0.1, 0.15) is 24.2 Å². The minimum Gasteiger partial charge on any atom is -0.388 e. The number of Topliss-reactive ketones (excluding diaryl/α,β-unsaturated/α-hetero) is 1. The van der Waals surface area contributed by atoms with Crippen LogP contribution in [0, 0.1) is 5.92 Å². The minimum atomic E-state index is -0.607. The Hall–Kier alpha value is -2.40. The van der Waals surface area contributed by atoms with E-state index in [0.29, 0.717) is 5.56 Å². The van der Waals surface area contributed by atoms with Crippen LogP contribution in [-0.2, 0) is 4.79 Å². The molecule has 0 fully saturated rings. The lowest BCUT2D eigenvalue weighted by Gasteiger charge is -2.08. The maximum atomic E-state index is 12.3. The number of benzene rings is 1. The van der Waals surface area contributed by atoms with E-state index in [0.717, 1.165) is 11.3 Å². The molecule has 1 aromatic carbocycles. The number of amides is 1. The van der Waals surface area contributed by atoms with Crippen LogP contribution < -0.4 is 10.8 Å². The van der Waals surface area contributed by atoms with Crippen molar-refractivity contribution in [1.82, 2.24) is 5.48 Å². The molecule has 112 valence electrons. The first-order valence-electron chi connectivity index (χ1n) is 6.60. The molecule has 1 aromatic rings. The third kappa shape index (κ3) is 5.24. The van der Waals surface area contributed by atoms with Gasteiger partial charge in [0.05, 0.1) is 0 Å². The van der Waals surface area contributed by atoms with Crippen LogP contribution in [0.3, 0.4) is 0 Å². The Morgan fingerprint density at radius 3 is 2.33 bits per heavy atom. The third-order valence-electron chi connectivity index (χ3n) is 2.99. The van der Waals surface area contributed by atoms with E-state index in [9.17, 15) is 9.59 Å². The van der Waals surface area contributed by atoms with Gasteiger partial charge in [0.1, 0.15) is 0 Å². The summed E-state index contributed by atoms with van der Waals surface area (Å²) in [5.74, 6) is -0.895. The number of nitrogens with one attached hydrogen (secondary N) is 2. The molecule has 3 N–H and O–H groups in total. The number of carbonyl (C=O) groups is 2. The molecule has 1 unspecified atom stereocenters. The van der Waals surface area contributed by atoms with E-state index < -0.39 is 5.91 Å². The maximum absolute atomic E-state index is 12.3. The van der Waals surface area contributed by atoms with Gasteiger partial charge in [-0.25, -0.2) is 5.48 Å². The van der Waals surface area contributed by atoms with E-state index in [1.807, 2.05) is 19.2 Å². The van der Waals surface area contributed by atoms with Crippen LogP contribution in [0.25, 0.3) is 0 Å². The Morgan fingerprint density at radius 2 is 1.81 bits per heavy atom. The van der Waals surface area contributed by atoms with Gasteiger partial charge in [0, 0.05) is 30.3 Å². The minimum absolute atomic E-state index is 0.0111. The summed E-state index contributed by atoms with van der Waals surface area (Å²) in [6, 6.07) is 7.26. The topological polar surface area (TPSA) is 78.4 Å². The fraction of sp³-hybridized carbons (Fsp3) is 0.250. The van der Waals surface area contributed by atoms with Gasteiger partial charge in [0.25, 0.3) is 5.91 Å². The fourth-order valence-corrected chi connectivity index (χ4v) is 1.83. The molecule has 0 heterocycles. The van der Waals surface area contributed by atoms with Crippen molar-refractivity contribution in [1.29, 1.82) is 0 Å². The predicted octanol–water partition coefficient (Wildman–Crippen LogP) is 2.56. The highest BCUT2D eigenvalue weighted by Gasteiger charge is 2.12. The maximum Gasteiger partial charge on any atom is 0.267 e. The van der Waals surface area contributed by atoms with Crippen molar-refractivity contribution in [3.8, 4) is 0 Å². The summed E-state index contributed by atoms with van der Waals surface area (Å²) >= 11 is 0. The molecule has 5 heteroatoms. The van der Waals surface area contributed by atoms with Crippen LogP contribution in [0.2, 0.25) is 0 Å². The van der Waals surface area contributed by atoms with Crippen LogP contribution in [0.4, 0.5) is 5.69 Å². The Bertz CT molecular complexity index is 559. The molecule has 0 aliphatic heterocycles. The van der Waals surface area contributed by atoms with Gasteiger partial charge in [-0.3, -0.25) is 14.8 Å². The largest absolute Gasteiger partial charge is 0.388 e. The van der Waals surface area contributed by atoms with E-state index in [2.05, 4.69) is 5.32 Å². The van der Waals surface area contributed by atoms with Crippen LogP contribution in [0.15, 0.2) is 48.1 Å². The molecule has 0 aliphatic carbocycles. The number of carbonyl (C=O) groups excluding carboxylic acids is 2. The van der Waals surface area contributed by atoms with E-state index in [-0.39, 0.29) is 11.7 Å². The SMILES string of the molecule is CNc1ccc(C(=O)C(C)C=C(C)C=CC(=O)NO)cc1. The van der Waals surface area contributed by atoms with Crippen LogP contribution in [0.5, 0.6) is 0 Å².